The van der Waals surface area contributed by atoms with E-state index in [-0.39, 0.29) is 5.88 Å². The standard InChI is InChI=1S/C16H25ClN2O2/c17-12-15(20)13-18-14-4-6-16(7-5-14)21-11-3-10-19-8-1-2-9-19/h4-7,15,18,20H,1-3,8-13H2. The molecule has 0 bridgehead atoms. The molecule has 0 aromatic heterocycles. The molecular weight excluding hydrogens is 288 g/mol. The van der Waals surface area contributed by atoms with Crippen molar-refractivity contribution in [3.05, 3.63) is 24.3 Å². The molecule has 5 heteroatoms. The van der Waals surface area contributed by atoms with Gasteiger partial charge in [0.05, 0.1) is 18.6 Å². The maximum absolute atomic E-state index is 9.38. The number of nitrogens with zero attached hydrogens (tertiary/aromatic N) is 1. The van der Waals surface area contributed by atoms with E-state index in [4.69, 9.17) is 16.3 Å². The van der Waals surface area contributed by atoms with Crippen LogP contribution in [0.2, 0.25) is 0 Å². The fourth-order valence-electron chi connectivity index (χ4n) is 2.44. The lowest BCUT2D eigenvalue weighted by atomic mass is 10.3. The van der Waals surface area contributed by atoms with Crippen molar-refractivity contribution in [3.63, 3.8) is 0 Å². The zero-order valence-corrected chi connectivity index (χ0v) is 13.2. The molecule has 0 saturated carbocycles. The van der Waals surface area contributed by atoms with Crippen LogP contribution in [0.4, 0.5) is 5.69 Å². The number of alkyl halides is 1. The van der Waals surface area contributed by atoms with Crippen molar-refractivity contribution >= 4 is 17.3 Å². The number of likely N-dealkylation sites (tertiary alicyclic amines) is 1. The zero-order valence-electron chi connectivity index (χ0n) is 12.4. The molecule has 0 aliphatic carbocycles. The fourth-order valence-corrected chi connectivity index (χ4v) is 2.55. The van der Waals surface area contributed by atoms with Crippen molar-refractivity contribution in [2.75, 3.05) is 44.0 Å². The first-order chi connectivity index (χ1) is 10.3. The van der Waals surface area contributed by atoms with E-state index in [1.807, 2.05) is 24.3 Å². The van der Waals surface area contributed by atoms with E-state index in [9.17, 15) is 5.11 Å². The maximum atomic E-state index is 9.38. The number of ether oxygens (including phenoxy) is 1. The number of aliphatic hydroxyl groups excluding tert-OH is 1. The average Bonchev–Trinajstić information content (AvgIpc) is 3.03. The molecule has 1 heterocycles. The quantitative estimate of drug-likeness (QED) is 0.543. The van der Waals surface area contributed by atoms with Crippen LogP contribution < -0.4 is 10.1 Å². The van der Waals surface area contributed by atoms with Gasteiger partial charge in [-0.25, -0.2) is 0 Å². The first-order valence-corrected chi connectivity index (χ1v) is 8.24. The van der Waals surface area contributed by atoms with Crippen LogP contribution in [-0.4, -0.2) is 54.8 Å². The molecule has 0 amide bonds. The predicted octanol–water partition coefficient (Wildman–Crippen LogP) is 2.56. The minimum absolute atomic E-state index is 0.241. The van der Waals surface area contributed by atoms with Crippen molar-refractivity contribution in [1.29, 1.82) is 0 Å². The van der Waals surface area contributed by atoms with Crippen molar-refractivity contribution < 1.29 is 9.84 Å². The minimum Gasteiger partial charge on any atom is -0.494 e. The molecular formula is C16H25ClN2O2. The second-order valence-corrected chi connectivity index (χ2v) is 5.77. The largest absolute Gasteiger partial charge is 0.494 e. The van der Waals surface area contributed by atoms with Gasteiger partial charge in [0.1, 0.15) is 5.75 Å². The van der Waals surface area contributed by atoms with Crippen LogP contribution in [-0.2, 0) is 0 Å². The highest BCUT2D eigenvalue weighted by Crippen LogP contribution is 2.16. The summed E-state index contributed by atoms with van der Waals surface area (Å²) in [5.41, 5.74) is 0.962. The number of nitrogens with one attached hydrogen (secondary N) is 1. The first-order valence-electron chi connectivity index (χ1n) is 7.71. The topological polar surface area (TPSA) is 44.7 Å². The van der Waals surface area contributed by atoms with Crippen LogP contribution in [0, 0.1) is 0 Å². The summed E-state index contributed by atoms with van der Waals surface area (Å²) in [7, 11) is 0. The Morgan fingerprint density at radius 2 is 1.95 bits per heavy atom. The molecule has 1 aromatic carbocycles. The Labute approximate surface area is 132 Å². The Kier molecular flexibility index (Phi) is 7.13. The van der Waals surface area contributed by atoms with Crippen molar-refractivity contribution in [1.82, 2.24) is 4.90 Å². The summed E-state index contributed by atoms with van der Waals surface area (Å²) in [4.78, 5) is 2.50. The molecule has 1 saturated heterocycles. The van der Waals surface area contributed by atoms with Gasteiger partial charge >= 0.3 is 0 Å². The van der Waals surface area contributed by atoms with E-state index < -0.39 is 6.10 Å². The third-order valence-corrected chi connectivity index (χ3v) is 4.02. The van der Waals surface area contributed by atoms with E-state index >= 15 is 0 Å². The van der Waals surface area contributed by atoms with Gasteiger partial charge in [-0.1, -0.05) is 0 Å². The van der Waals surface area contributed by atoms with Gasteiger partial charge in [0.25, 0.3) is 0 Å². The highest BCUT2D eigenvalue weighted by atomic mass is 35.5. The second-order valence-electron chi connectivity index (χ2n) is 5.46. The molecule has 1 fully saturated rings. The Morgan fingerprint density at radius 1 is 1.24 bits per heavy atom. The van der Waals surface area contributed by atoms with Crippen LogP contribution in [0.3, 0.4) is 0 Å². The lowest BCUT2D eigenvalue weighted by molar-refractivity contribution is 0.211. The normalized spacial score (nSPS) is 16.9. The molecule has 1 unspecified atom stereocenters. The Hall–Kier alpha value is -0.970. The molecule has 0 spiro atoms. The lowest BCUT2D eigenvalue weighted by Gasteiger charge is -2.14. The number of hydrogen-bond donors (Lipinski definition) is 2. The van der Waals surface area contributed by atoms with E-state index in [1.165, 1.54) is 25.9 Å². The first kappa shape index (κ1) is 16.4. The van der Waals surface area contributed by atoms with E-state index in [0.29, 0.717) is 6.54 Å². The van der Waals surface area contributed by atoms with Crippen LogP contribution in [0.25, 0.3) is 0 Å². The molecule has 1 aromatic rings. The number of hydrogen-bond acceptors (Lipinski definition) is 4. The fraction of sp³-hybridized carbons (Fsp3) is 0.625. The van der Waals surface area contributed by atoms with Gasteiger partial charge in [-0.15, -0.1) is 11.6 Å². The van der Waals surface area contributed by atoms with Crippen LogP contribution >= 0.6 is 11.6 Å². The van der Waals surface area contributed by atoms with Gasteiger partial charge in [-0.2, -0.15) is 0 Å². The molecule has 1 aliphatic heterocycles. The number of rotatable bonds is 9. The third kappa shape index (κ3) is 6.12. The van der Waals surface area contributed by atoms with E-state index in [0.717, 1.165) is 31.0 Å². The van der Waals surface area contributed by atoms with Gasteiger partial charge in [0.2, 0.25) is 0 Å². The summed E-state index contributed by atoms with van der Waals surface area (Å²) >= 11 is 5.55. The highest BCUT2D eigenvalue weighted by Gasteiger charge is 2.10. The van der Waals surface area contributed by atoms with E-state index in [1.54, 1.807) is 0 Å². The highest BCUT2D eigenvalue weighted by molar-refractivity contribution is 6.18. The number of halogens is 1. The minimum atomic E-state index is -0.520. The molecule has 0 radical (unpaired) electrons. The van der Waals surface area contributed by atoms with Gasteiger partial charge < -0.3 is 20.1 Å². The smallest absolute Gasteiger partial charge is 0.119 e. The molecule has 118 valence electrons. The second kappa shape index (κ2) is 9.13. The Bertz CT molecular complexity index is 394. The number of benzene rings is 1. The number of aliphatic hydroxyl groups is 1. The Balaban J connectivity index is 1.62. The zero-order chi connectivity index (χ0) is 14.9. The summed E-state index contributed by atoms with van der Waals surface area (Å²) in [6.45, 7) is 4.84. The van der Waals surface area contributed by atoms with Crippen LogP contribution in [0.5, 0.6) is 5.75 Å². The van der Waals surface area contributed by atoms with Crippen molar-refractivity contribution in [3.8, 4) is 5.75 Å². The lowest BCUT2D eigenvalue weighted by Crippen LogP contribution is -2.22. The van der Waals surface area contributed by atoms with Gasteiger partial charge in [0, 0.05) is 18.8 Å². The summed E-state index contributed by atoms with van der Waals surface area (Å²) < 4.78 is 5.74. The SMILES string of the molecule is OC(CCl)CNc1ccc(OCCCN2CCCC2)cc1. The molecule has 2 N–H and O–H groups in total. The van der Waals surface area contributed by atoms with Gasteiger partial charge in [0.15, 0.2) is 0 Å². The molecule has 1 aliphatic rings. The van der Waals surface area contributed by atoms with Crippen molar-refractivity contribution in [2.24, 2.45) is 0 Å². The maximum Gasteiger partial charge on any atom is 0.119 e. The summed E-state index contributed by atoms with van der Waals surface area (Å²) in [6, 6.07) is 7.81. The van der Waals surface area contributed by atoms with Gasteiger partial charge in [-0.05, 0) is 56.6 Å². The average molecular weight is 313 g/mol. The van der Waals surface area contributed by atoms with Crippen LogP contribution in [0.15, 0.2) is 24.3 Å². The predicted molar refractivity (Wildman–Crippen MR) is 87.4 cm³/mol. The number of anilines is 1. The van der Waals surface area contributed by atoms with Crippen molar-refractivity contribution in [2.45, 2.75) is 25.4 Å². The summed E-state index contributed by atoms with van der Waals surface area (Å²) in [5, 5.41) is 12.5. The monoisotopic (exact) mass is 312 g/mol. The van der Waals surface area contributed by atoms with Crippen LogP contribution in [0.1, 0.15) is 19.3 Å². The molecule has 2 rings (SSSR count). The van der Waals surface area contributed by atoms with Gasteiger partial charge in [-0.3, -0.25) is 0 Å². The summed E-state index contributed by atoms with van der Waals surface area (Å²) in [5.74, 6) is 1.13. The third-order valence-electron chi connectivity index (χ3n) is 3.66. The molecule has 4 nitrogen and oxygen atoms in total. The van der Waals surface area contributed by atoms with E-state index in [2.05, 4.69) is 10.2 Å². The molecule has 21 heavy (non-hydrogen) atoms. The molecule has 1 atom stereocenters. The Morgan fingerprint density at radius 3 is 2.62 bits per heavy atom. The summed E-state index contributed by atoms with van der Waals surface area (Å²) in [6.07, 6.45) is 3.23.